The van der Waals surface area contributed by atoms with Crippen molar-refractivity contribution < 1.29 is 28.1 Å². The van der Waals surface area contributed by atoms with Crippen molar-refractivity contribution in [3.05, 3.63) is 53.8 Å². The quantitative estimate of drug-likeness (QED) is 0.799. The van der Waals surface area contributed by atoms with Gasteiger partial charge in [0.25, 0.3) is 0 Å². The number of carbonyl (C=O) groups is 1. The van der Waals surface area contributed by atoms with Crippen LogP contribution in [0.1, 0.15) is 17.9 Å². The second kappa shape index (κ2) is 7.96. The van der Waals surface area contributed by atoms with Crippen LogP contribution in [0.4, 0.5) is 9.18 Å². The van der Waals surface area contributed by atoms with E-state index in [0.717, 1.165) is 23.5 Å². The molecule has 2 atom stereocenters. The summed E-state index contributed by atoms with van der Waals surface area (Å²) in [6.07, 6.45) is 0.426. The second-order valence-corrected chi connectivity index (χ2v) is 6.94. The van der Waals surface area contributed by atoms with Crippen LogP contribution in [0.2, 0.25) is 0 Å². The van der Waals surface area contributed by atoms with Gasteiger partial charge in [-0.2, -0.15) is 0 Å². The molecule has 0 aromatic heterocycles. The van der Waals surface area contributed by atoms with Crippen molar-refractivity contribution in [2.75, 3.05) is 33.6 Å². The molecule has 2 aliphatic rings. The summed E-state index contributed by atoms with van der Waals surface area (Å²) in [5, 5.41) is 0. The molecule has 0 radical (unpaired) electrons. The number of nitrogens with zero attached hydrogens (tertiary/aromatic N) is 1. The molecule has 4 rings (SSSR count). The van der Waals surface area contributed by atoms with E-state index in [1.807, 2.05) is 18.2 Å². The van der Waals surface area contributed by atoms with Crippen molar-refractivity contribution in [2.24, 2.45) is 5.92 Å². The van der Waals surface area contributed by atoms with Crippen molar-refractivity contribution in [1.29, 1.82) is 0 Å². The zero-order chi connectivity index (χ0) is 19.5. The Balaban J connectivity index is 1.55. The van der Waals surface area contributed by atoms with Crippen LogP contribution in [0.3, 0.4) is 0 Å². The van der Waals surface area contributed by atoms with E-state index in [2.05, 4.69) is 0 Å². The molecule has 1 fully saturated rings. The number of rotatable bonds is 4. The standard InChI is InChI=1S/C21H22FNO5/c1-25-21(24)23-9-8-18(19-7-6-17-10-20(19)28-13-27-17)14(11-23)12-26-16-4-2-15(22)3-5-16/h2-7,10,14,18H,8-9,11-13H2,1H3. The molecule has 2 bridgehead atoms. The highest BCUT2D eigenvalue weighted by atomic mass is 19.1. The van der Waals surface area contributed by atoms with Crippen LogP contribution in [0.25, 0.3) is 0 Å². The Morgan fingerprint density at radius 2 is 2.04 bits per heavy atom. The van der Waals surface area contributed by atoms with E-state index in [1.54, 1.807) is 17.0 Å². The Hall–Kier alpha value is -2.96. The summed E-state index contributed by atoms with van der Waals surface area (Å²) in [5.74, 6) is 2.08. The van der Waals surface area contributed by atoms with Crippen LogP contribution < -0.4 is 14.2 Å². The lowest BCUT2D eigenvalue weighted by atomic mass is 9.80. The minimum atomic E-state index is -0.341. The van der Waals surface area contributed by atoms with Crippen molar-refractivity contribution in [3.63, 3.8) is 0 Å². The molecule has 28 heavy (non-hydrogen) atoms. The number of likely N-dealkylation sites (tertiary alicyclic amines) is 1. The molecule has 2 aromatic carbocycles. The third-order valence-electron chi connectivity index (χ3n) is 5.27. The van der Waals surface area contributed by atoms with Crippen LogP contribution in [-0.4, -0.2) is 44.6 Å². The van der Waals surface area contributed by atoms with E-state index in [4.69, 9.17) is 18.9 Å². The van der Waals surface area contributed by atoms with Crippen LogP contribution in [0, 0.1) is 11.7 Å². The number of carbonyl (C=O) groups excluding carboxylic acids is 1. The van der Waals surface area contributed by atoms with Gasteiger partial charge in [-0.25, -0.2) is 9.18 Å². The van der Waals surface area contributed by atoms with E-state index >= 15 is 0 Å². The smallest absolute Gasteiger partial charge is 0.409 e. The number of fused-ring (bicyclic) bond motifs is 2. The first-order valence-electron chi connectivity index (χ1n) is 9.25. The summed E-state index contributed by atoms with van der Waals surface area (Å²) in [4.78, 5) is 13.7. The first-order valence-corrected chi connectivity index (χ1v) is 9.25. The van der Waals surface area contributed by atoms with Crippen molar-refractivity contribution in [1.82, 2.24) is 4.90 Å². The van der Waals surface area contributed by atoms with Gasteiger partial charge in [0, 0.05) is 25.1 Å². The number of hydrogen-bond acceptors (Lipinski definition) is 5. The monoisotopic (exact) mass is 387 g/mol. The number of amides is 1. The third kappa shape index (κ3) is 3.83. The SMILES string of the molecule is COC(=O)N1CCC(c2ccc3cc2OCO3)C(COc2ccc(F)cc2)C1. The summed E-state index contributed by atoms with van der Waals surface area (Å²) in [6.45, 7) is 1.70. The fourth-order valence-electron chi connectivity index (χ4n) is 3.84. The lowest BCUT2D eigenvalue weighted by Crippen LogP contribution is -2.45. The average molecular weight is 387 g/mol. The molecule has 0 aliphatic carbocycles. The van der Waals surface area contributed by atoms with E-state index in [1.165, 1.54) is 19.2 Å². The fourth-order valence-corrected chi connectivity index (χ4v) is 3.84. The maximum atomic E-state index is 13.1. The van der Waals surface area contributed by atoms with Gasteiger partial charge in [-0.15, -0.1) is 0 Å². The average Bonchev–Trinajstić information content (AvgIpc) is 2.73. The van der Waals surface area contributed by atoms with E-state index < -0.39 is 0 Å². The van der Waals surface area contributed by atoms with Crippen LogP contribution in [0.5, 0.6) is 17.2 Å². The minimum absolute atomic E-state index is 0.0337. The minimum Gasteiger partial charge on any atom is -0.493 e. The normalized spacial score (nSPS) is 20.7. The predicted molar refractivity (Wildman–Crippen MR) is 99.3 cm³/mol. The molecule has 2 heterocycles. The Morgan fingerprint density at radius 3 is 2.82 bits per heavy atom. The topological polar surface area (TPSA) is 57.2 Å². The van der Waals surface area contributed by atoms with Gasteiger partial charge in [0.15, 0.2) is 0 Å². The van der Waals surface area contributed by atoms with E-state index in [9.17, 15) is 9.18 Å². The van der Waals surface area contributed by atoms with Gasteiger partial charge in [0.1, 0.15) is 23.1 Å². The second-order valence-electron chi connectivity index (χ2n) is 6.94. The van der Waals surface area contributed by atoms with E-state index in [0.29, 0.717) is 25.4 Å². The molecule has 1 amide bonds. The summed E-state index contributed by atoms with van der Waals surface area (Å²) >= 11 is 0. The summed E-state index contributed by atoms with van der Waals surface area (Å²) in [6, 6.07) is 11.8. The zero-order valence-corrected chi connectivity index (χ0v) is 15.6. The maximum absolute atomic E-state index is 13.1. The third-order valence-corrected chi connectivity index (χ3v) is 5.27. The number of hydrogen-bond donors (Lipinski definition) is 0. The van der Waals surface area contributed by atoms with Gasteiger partial charge < -0.3 is 23.8 Å². The van der Waals surface area contributed by atoms with Crippen LogP contribution in [-0.2, 0) is 4.74 Å². The largest absolute Gasteiger partial charge is 0.493 e. The van der Waals surface area contributed by atoms with Gasteiger partial charge in [-0.1, -0.05) is 6.07 Å². The number of ether oxygens (including phenoxy) is 4. The number of piperidine rings is 1. The van der Waals surface area contributed by atoms with Gasteiger partial charge in [-0.05, 0) is 48.2 Å². The highest BCUT2D eigenvalue weighted by molar-refractivity contribution is 5.67. The Morgan fingerprint density at radius 1 is 1.21 bits per heavy atom. The molecule has 2 aromatic rings. The highest BCUT2D eigenvalue weighted by Crippen LogP contribution is 2.41. The molecule has 148 valence electrons. The molecule has 0 saturated carbocycles. The highest BCUT2D eigenvalue weighted by Gasteiger charge is 2.35. The zero-order valence-electron chi connectivity index (χ0n) is 15.6. The molecule has 0 spiro atoms. The van der Waals surface area contributed by atoms with Gasteiger partial charge in [0.05, 0.1) is 13.7 Å². The molecule has 6 nitrogen and oxygen atoms in total. The van der Waals surface area contributed by atoms with Gasteiger partial charge in [-0.3, -0.25) is 0 Å². The molecular weight excluding hydrogens is 365 g/mol. The maximum Gasteiger partial charge on any atom is 0.409 e. The van der Waals surface area contributed by atoms with Crippen LogP contribution >= 0.6 is 0 Å². The Labute approximate surface area is 162 Å². The lowest BCUT2D eigenvalue weighted by molar-refractivity contribution is 0.0774. The van der Waals surface area contributed by atoms with E-state index in [-0.39, 0.29) is 30.5 Å². The van der Waals surface area contributed by atoms with Gasteiger partial charge >= 0.3 is 6.09 Å². The molecule has 2 aliphatic heterocycles. The molecule has 7 heteroatoms. The fraction of sp³-hybridized carbons (Fsp3) is 0.381. The Bertz CT molecular complexity index is 841. The first-order chi connectivity index (χ1) is 13.6. The molecule has 0 N–H and O–H groups in total. The van der Waals surface area contributed by atoms with Crippen molar-refractivity contribution in [3.8, 4) is 17.2 Å². The summed E-state index contributed by atoms with van der Waals surface area (Å²) in [5.41, 5.74) is 1.09. The lowest BCUT2D eigenvalue weighted by Gasteiger charge is -2.38. The first kappa shape index (κ1) is 18.4. The van der Waals surface area contributed by atoms with Crippen LogP contribution in [0.15, 0.2) is 42.5 Å². The van der Waals surface area contributed by atoms with Crippen molar-refractivity contribution >= 4 is 6.09 Å². The molecule has 1 saturated heterocycles. The Kier molecular flexibility index (Phi) is 5.23. The molecule has 2 unspecified atom stereocenters. The van der Waals surface area contributed by atoms with Crippen molar-refractivity contribution in [2.45, 2.75) is 12.3 Å². The molecular formula is C21H22FNO5. The number of halogens is 1. The van der Waals surface area contributed by atoms with Gasteiger partial charge in [0.2, 0.25) is 6.79 Å². The predicted octanol–water partition coefficient (Wildman–Crippen LogP) is 3.81. The summed E-state index contributed by atoms with van der Waals surface area (Å²) in [7, 11) is 1.38. The number of methoxy groups -OCH3 is 1. The summed E-state index contributed by atoms with van der Waals surface area (Å²) < 4.78 is 35.0. The number of benzene rings is 2.